The number of aliphatic hydroxyl groups excluding tert-OH is 1. The Bertz CT molecular complexity index is 266. The lowest BCUT2D eigenvalue weighted by Crippen LogP contribution is -2.20. The second-order valence-corrected chi connectivity index (χ2v) is 2.28. The van der Waals surface area contributed by atoms with E-state index in [1.807, 2.05) is 0 Å². The molecule has 0 aliphatic heterocycles. The van der Waals surface area contributed by atoms with Crippen molar-refractivity contribution in [2.45, 2.75) is 19.2 Å². The van der Waals surface area contributed by atoms with Crippen LogP contribution < -0.4 is 0 Å². The van der Waals surface area contributed by atoms with Crippen LogP contribution in [0.3, 0.4) is 0 Å². The van der Waals surface area contributed by atoms with Crippen LogP contribution in [0.4, 0.5) is 13.2 Å². The summed E-state index contributed by atoms with van der Waals surface area (Å²) in [7, 11) is 1.08. The van der Waals surface area contributed by atoms with Gasteiger partial charge in [0.1, 0.15) is 17.7 Å². The summed E-state index contributed by atoms with van der Waals surface area (Å²) in [6.45, 7) is 1.14. The van der Waals surface area contributed by atoms with Gasteiger partial charge in [0.15, 0.2) is 0 Å². The third-order valence-corrected chi connectivity index (χ3v) is 1.29. The lowest BCUT2D eigenvalue weighted by molar-refractivity contribution is -0.292. The molecule has 7 heteroatoms. The molecule has 0 aromatic heterocycles. The number of rotatable bonds is 3. The average Bonchev–Trinajstić information content (AvgIpc) is 2.04. The van der Waals surface area contributed by atoms with Crippen molar-refractivity contribution in [3.63, 3.8) is 0 Å². The second kappa shape index (κ2) is 4.83. The number of aliphatic hydroxyl groups is 1. The zero-order valence-corrected chi connectivity index (χ0v) is 7.42. The van der Waals surface area contributed by atoms with Crippen molar-refractivity contribution in [2.24, 2.45) is 0 Å². The summed E-state index contributed by atoms with van der Waals surface area (Å²) in [5, 5.41) is 17.0. The van der Waals surface area contributed by atoms with Gasteiger partial charge in [-0.2, -0.15) is 18.4 Å². The zero-order valence-electron chi connectivity index (χ0n) is 7.42. The minimum absolute atomic E-state index is 0.931. The van der Waals surface area contributed by atoms with Gasteiger partial charge in [0, 0.05) is 0 Å². The van der Waals surface area contributed by atoms with Crippen LogP contribution in [0.2, 0.25) is 0 Å². The van der Waals surface area contributed by atoms with E-state index in [0.29, 0.717) is 0 Å². The van der Waals surface area contributed by atoms with Gasteiger partial charge < -0.3 is 5.11 Å². The molecule has 0 saturated carbocycles. The maximum atomic E-state index is 11.9. The first-order chi connectivity index (χ1) is 6.34. The molecule has 0 amide bonds. The summed E-state index contributed by atoms with van der Waals surface area (Å²) in [4.78, 5) is 8.36. The molecule has 0 aliphatic rings. The quantitative estimate of drug-likeness (QED) is 0.335. The predicted molar refractivity (Wildman–Crippen MR) is 38.9 cm³/mol. The molecule has 0 fully saturated rings. The van der Waals surface area contributed by atoms with E-state index in [-0.39, 0.29) is 0 Å². The van der Waals surface area contributed by atoms with Crippen molar-refractivity contribution in [1.82, 2.24) is 0 Å². The Morgan fingerprint density at radius 3 is 2.29 bits per heavy atom. The van der Waals surface area contributed by atoms with Crippen LogP contribution in [0, 0.1) is 11.3 Å². The van der Waals surface area contributed by atoms with Gasteiger partial charge in [-0.1, -0.05) is 0 Å². The van der Waals surface area contributed by atoms with E-state index in [9.17, 15) is 13.2 Å². The highest BCUT2D eigenvalue weighted by Gasteiger charge is 2.38. The molecule has 0 saturated heterocycles. The fourth-order valence-corrected chi connectivity index (χ4v) is 0.682. The number of allylic oxidation sites excluding steroid dienone is 1. The van der Waals surface area contributed by atoms with Gasteiger partial charge in [-0.05, 0) is 6.92 Å². The first kappa shape index (κ1) is 12.7. The van der Waals surface area contributed by atoms with E-state index in [4.69, 9.17) is 10.4 Å². The molecule has 0 rings (SSSR count). The lowest BCUT2D eigenvalue weighted by Gasteiger charge is -2.12. The molecule has 0 radical (unpaired) electrons. The fourth-order valence-electron chi connectivity index (χ4n) is 0.682. The van der Waals surface area contributed by atoms with Crippen molar-refractivity contribution in [3.05, 3.63) is 11.3 Å². The van der Waals surface area contributed by atoms with Gasteiger partial charge in [0.25, 0.3) is 0 Å². The van der Waals surface area contributed by atoms with Crippen molar-refractivity contribution < 1.29 is 28.1 Å². The van der Waals surface area contributed by atoms with Gasteiger partial charge in [-0.15, -0.1) is 0 Å². The molecule has 4 nitrogen and oxygen atoms in total. The number of halogens is 3. The summed E-state index contributed by atoms with van der Waals surface area (Å²) < 4.78 is 35.8. The zero-order chi connectivity index (χ0) is 11.4. The highest BCUT2D eigenvalue weighted by Crippen LogP contribution is 2.27. The Balaban J connectivity index is 4.97. The number of nitriles is 1. The average molecular weight is 211 g/mol. The number of hydrogen-bond acceptors (Lipinski definition) is 4. The maximum Gasteiger partial charge on any atom is 0.449 e. The van der Waals surface area contributed by atoms with Crippen molar-refractivity contribution >= 4 is 0 Å². The van der Waals surface area contributed by atoms with Crippen LogP contribution in [-0.4, -0.2) is 24.5 Å². The molecule has 0 bridgehead atoms. The van der Waals surface area contributed by atoms with Crippen LogP contribution >= 0.6 is 0 Å². The Labute approximate surface area is 78.1 Å². The normalized spacial score (nSPS) is 15.7. The van der Waals surface area contributed by atoms with E-state index in [0.717, 1.165) is 14.0 Å². The fraction of sp³-hybridized carbons (Fsp3) is 0.571. The van der Waals surface area contributed by atoms with Gasteiger partial charge in [-0.25, -0.2) is 9.78 Å². The highest BCUT2D eigenvalue weighted by atomic mass is 19.4. The van der Waals surface area contributed by atoms with Crippen molar-refractivity contribution in [2.75, 3.05) is 7.11 Å². The molecule has 0 heterocycles. The molecule has 0 spiro atoms. The molecule has 14 heavy (non-hydrogen) atoms. The Hall–Kier alpha value is -1.26. The summed E-state index contributed by atoms with van der Waals surface area (Å²) in [6.07, 6.45) is -6.25. The SMILES string of the molecule is COOC(C)/C(C#N)=C(\O)C(F)(F)F. The summed E-state index contributed by atoms with van der Waals surface area (Å²) >= 11 is 0. The Kier molecular flexibility index (Phi) is 4.40. The first-order valence-electron chi connectivity index (χ1n) is 3.44. The molecule has 1 atom stereocenters. The van der Waals surface area contributed by atoms with E-state index in [2.05, 4.69) is 9.78 Å². The van der Waals surface area contributed by atoms with Gasteiger partial charge in [0.2, 0.25) is 5.76 Å². The van der Waals surface area contributed by atoms with Gasteiger partial charge in [-0.3, -0.25) is 0 Å². The van der Waals surface area contributed by atoms with E-state index < -0.39 is 23.6 Å². The second-order valence-electron chi connectivity index (χ2n) is 2.28. The van der Waals surface area contributed by atoms with Crippen LogP contribution in [0.5, 0.6) is 0 Å². The lowest BCUT2D eigenvalue weighted by atomic mass is 10.1. The van der Waals surface area contributed by atoms with Crippen molar-refractivity contribution in [3.8, 4) is 6.07 Å². The molecular weight excluding hydrogens is 203 g/mol. The summed E-state index contributed by atoms with van der Waals surface area (Å²) in [5.41, 5.74) is -0.931. The van der Waals surface area contributed by atoms with Crippen LogP contribution in [-0.2, 0) is 9.78 Å². The Morgan fingerprint density at radius 2 is 2.00 bits per heavy atom. The van der Waals surface area contributed by atoms with E-state index in [1.54, 1.807) is 0 Å². The van der Waals surface area contributed by atoms with Crippen molar-refractivity contribution in [1.29, 1.82) is 5.26 Å². The highest BCUT2D eigenvalue weighted by molar-refractivity contribution is 5.29. The molecule has 0 aromatic carbocycles. The third-order valence-electron chi connectivity index (χ3n) is 1.29. The molecule has 0 aliphatic carbocycles. The Morgan fingerprint density at radius 1 is 1.50 bits per heavy atom. The minimum Gasteiger partial charge on any atom is -0.503 e. The third kappa shape index (κ3) is 3.24. The topological polar surface area (TPSA) is 62.5 Å². The molecule has 1 N–H and O–H groups in total. The number of nitrogens with zero attached hydrogens (tertiary/aromatic N) is 1. The van der Waals surface area contributed by atoms with Crippen LogP contribution in [0.15, 0.2) is 11.3 Å². The summed E-state index contributed by atoms with van der Waals surface area (Å²) in [5.74, 6) is -1.97. The van der Waals surface area contributed by atoms with Gasteiger partial charge in [0.05, 0.1) is 7.11 Å². The molecule has 1 unspecified atom stereocenters. The molecule has 0 aromatic rings. The van der Waals surface area contributed by atoms with Crippen LogP contribution in [0.25, 0.3) is 0 Å². The van der Waals surface area contributed by atoms with E-state index >= 15 is 0 Å². The van der Waals surface area contributed by atoms with E-state index in [1.165, 1.54) is 6.07 Å². The molecular formula is C7H8F3NO3. The summed E-state index contributed by atoms with van der Waals surface area (Å²) in [6, 6.07) is 1.20. The largest absolute Gasteiger partial charge is 0.503 e. The number of hydrogen-bond donors (Lipinski definition) is 1. The molecule has 80 valence electrons. The maximum absolute atomic E-state index is 11.9. The monoisotopic (exact) mass is 211 g/mol. The van der Waals surface area contributed by atoms with Crippen LogP contribution in [0.1, 0.15) is 6.92 Å². The van der Waals surface area contributed by atoms with Gasteiger partial charge >= 0.3 is 6.18 Å². The number of alkyl halides is 3. The standard InChI is InChI=1S/C7H8F3NO3/c1-4(14-13-2)5(3-11)6(12)7(8,9)10/h4,12H,1-2H3/b6-5-. The smallest absolute Gasteiger partial charge is 0.449 e. The minimum atomic E-state index is -4.96. The first-order valence-corrected chi connectivity index (χ1v) is 3.44. The predicted octanol–water partition coefficient (Wildman–Crippen LogP) is 1.85.